The lowest BCUT2D eigenvalue weighted by atomic mass is 10.2. The summed E-state index contributed by atoms with van der Waals surface area (Å²) in [5.41, 5.74) is 0.243. The molecule has 14 heteroatoms. The quantitative estimate of drug-likeness (QED) is 0.322. The zero-order chi connectivity index (χ0) is 22.1. The van der Waals surface area contributed by atoms with Crippen LogP contribution in [0.15, 0.2) is 33.6 Å². The predicted molar refractivity (Wildman–Crippen MR) is 110 cm³/mol. The first kappa shape index (κ1) is 20.1. The average Bonchev–Trinajstić information content (AvgIpc) is 3.48. The summed E-state index contributed by atoms with van der Waals surface area (Å²) in [5, 5.41) is 3.14. The molecule has 0 N–H and O–H groups in total. The van der Waals surface area contributed by atoms with Gasteiger partial charge in [-0.3, -0.25) is 23.6 Å². The Balaban J connectivity index is 1.25. The van der Waals surface area contributed by atoms with E-state index in [9.17, 15) is 23.4 Å². The Bertz CT molecular complexity index is 1130. The molecule has 32 heavy (non-hydrogen) atoms. The van der Waals surface area contributed by atoms with E-state index in [-0.39, 0.29) is 39.7 Å². The molecule has 11 nitrogen and oxygen atoms in total. The van der Waals surface area contributed by atoms with Crippen LogP contribution in [0.5, 0.6) is 0 Å². The number of ether oxygens (including phenoxy) is 2. The minimum absolute atomic E-state index is 0.0706. The molecule has 0 spiro atoms. The lowest BCUT2D eigenvalue weighted by molar-refractivity contribution is -0.188. The monoisotopic (exact) mass is 494 g/mol. The van der Waals surface area contributed by atoms with Crippen LogP contribution in [-0.2, 0) is 46.0 Å². The fourth-order valence-corrected chi connectivity index (χ4v) is 7.20. The zero-order valence-corrected chi connectivity index (χ0v) is 18.6. The second-order valence-corrected chi connectivity index (χ2v) is 11.0. The lowest BCUT2D eigenvalue weighted by Crippen LogP contribution is -2.49. The Morgan fingerprint density at radius 1 is 1.03 bits per heavy atom. The number of aryl methyl sites for hydroxylation is 1. The number of aromatic nitrogens is 2. The van der Waals surface area contributed by atoms with Crippen molar-refractivity contribution in [2.45, 2.75) is 41.6 Å². The van der Waals surface area contributed by atoms with Gasteiger partial charge >= 0.3 is 11.9 Å². The van der Waals surface area contributed by atoms with Gasteiger partial charge in [0.15, 0.2) is 5.16 Å². The summed E-state index contributed by atoms with van der Waals surface area (Å²) < 4.78 is 24.7. The van der Waals surface area contributed by atoms with Crippen LogP contribution in [0.3, 0.4) is 0 Å². The standard InChI is InChI=1S/C18H14N4O7S3/c23-11-3-13-21(11)9(6-30-13)15(25)28-17(8-5-20-1-2-32(27)18(20)19-8)29-16(26)10-7-31-14-4-12(24)22(10)14/h5-7,13-14,17H,1-4H2/t13-,14-,32?/m0/s1. The molecule has 3 atom stereocenters. The Hall–Kier alpha value is -2.58. The summed E-state index contributed by atoms with van der Waals surface area (Å²) in [6.45, 7) is 0.473. The Morgan fingerprint density at radius 2 is 1.59 bits per heavy atom. The van der Waals surface area contributed by atoms with E-state index in [0.717, 1.165) is 0 Å². The third kappa shape index (κ3) is 2.96. The highest BCUT2D eigenvalue weighted by Crippen LogP contribution is 2.43. The van der Waals surface area contributed by atoms with Crippen LogP contribution in [-0.4, -0.2) is 63.8 Å². The maximum atomic E-state index is 12.8. The lowest BCUT2D eigenvalue weighted by Gasteiger charge is -2.35. The molecule has 6 heterocycles. The third-order valence-electron chi connectivity index (χ3n) is 5.57. The molecule has 0 bridgehead atoms. The number of nitrogens with zero attached hydrogens (tertiary/aromatic N) is 4. The SMILES string of the molecule is O=C(OC(OC(=O)C1=CS[C@H]2CC(=O)N12)c1cn2c(n1)S(=O)CC2)C1=CS[C@H]2CC(=O)N12. The Morgan fingerprint density at radius 3 is 2.09 bits per heavy atom. The molecule has 166 valence electrons. The van der Waals surface area contributed by atoms with E-state index >= 15 is 0 Å². The summed E-state index contributed by atoms with van der Waals surface area (Å²) in [6.07, 6.45) is 0.670. The number of amides is 2. The van der Waals surface area contributed by atoms with Gasteiger partial charge in [0.05, 0.1) is 34.4 Å². The van der Waals surface area contributed by atoms with Gasteiger partial charge in [0.2, 0.25) is 11.8 Å². The molecule has 1 aromatic rings. The summed E-state index contributed by atoms with van der Waals surface area (Å²) >= 11 is 2.67. The normalized spacial score (nSPS) is 27.3. The van der Waals surface area contributed by atoms with Crippen LogP contribution in [0, 0.1) is 0 Å². The van der Waals surface area contributed by atoms with Crippen LogP contribution in [0.4, 0.5) is 0 Å². The molecule has 0 saturated carbocycles. The minimum Gasteiger partial charge on any atom is -0.414 e. The van der Waals surface area contributed by atoms with Gasteiger partial charge in [0.25, 0.3) is 6.29 Å². The van der Waals surface area contributed by atoms with Gasteiger partial charge in [0.1, 0.15) is 17.1 Å². The van der Waals surface area contributed by atoms with Gasteiger partial charge in [-0.2, -0.15) is 0 Å². The van der Waals surface area contributed by atoms with Gasteiger partial charge in [0, 0.05) is 29.3 Å². The minimum atomic E-state index is -1.53. The van der Waals surface area contributed by atoms with Gasteiger partial charge in [-0.15, -0.1) is 23.5 Å². The molecule has 0 radical (unpaired) electrons. The van der Waals surface area contributed by atoms with E-state index < -0.39 is 29.0 Å². The number of hydrogen-bond donors (Lipinski definition) is 0. The molecule has 1 aromatic heterocycles. The molecular formula is C18H14N4O7S3. The molecular weight excluding hydrogens is 480 g/mol. The van der Waals surface area contributed by atoms with E-state index in [1.807, 2.05) is 0 Å². The maximum Gasteiger partial charge on any atom is 0.359 e. The number of hydrogen-bond acceptors (Lipinski definition) is 10. The number of fused-ring (bicyclic) bond motifs is 3. The third-order valence-corrected chi connectivity index (χ3v) is 8.96. The molecule has 2 fully saturated rings. The number of β-lactam (4-membered cyclic amide) rings is 2. The summed E-state index contributed by atoms with van der Waals surface area (Å²) in [5.74, 6) is -1.63. The van der Waals surface area contributed by atoms with Crippen molar-refractivity contribution in [3.63, 3.8) is 0 Å². The molecule has 2 amide bonds. The highest BCUT2D eigenvalue weighted by molar-refractivity contribution is 8.03. The van der Waals surface area contributed by atoms with E-state index in [1.165, 1.54) is 39.5 Å². The zero-order valence-electron chi connectivity index (χ0n) is 16.2. The molecule has 0 aromatic carbocycles. The first-order valence-corrected chi connectivity index (χ1v) is 12.8. The molecule has 5 aliphatic heterocycles. The summed E-state index contributed by atoms with van der Waals surface area (Å²) in [4.78, 5) is 56.3. The van der Waals surface area contributed by atoms with Gasteiger partial charge < -0.3 is 14.0 Å². The number of imidazole rings is 1. The first-order chi connectivity index (χ1) is 15.4. The number of carbonyl (C=O) groups excluding carboxylic acids is 4. The molecule has 0 aliphatic carbocycles. The number of thioether (sulfide) groups is 2. The molecule has 2 saturated heterocycles. The fraction of sp³-hybridized carbons (Fsp3) is 0.389. The Labute approximate surface area is 191 Å². The van der Waals surface area contributed by atoms with E-state index in [1.54, 1.807) is 15.4 Å². The second kappa shape index (κ2) is 7.22. The molecule has 5 aliphatic rings. The number of carbonyl (C=O) groups is 4. The van der Waals surface area contributed by atoms with Gasteiger partial charge in [-0.25, -0.2) is 14.6 Å². The van der Waals surface area contributed by atoms with Crippen molar-refractivity contribution in [1.29, 1.82) is 0 Å². The highest BCUT2D eigenvalue weighted by Gasteiger charge is 2.48. The maximum absolute atomic E-state index is 12.8. The first-order valence-electron chi connectivity index (χ1n) is 9.63. The van der Waals surface area contributed by atoms with Crippen LogP contribution < -0.4 is 0 Å². The average molecular weight is 495 g/mol. The van der Waals surface area contributed by atoms with Crippen molar-refractivity contribution in [2.75, 3.05) is 5.75 Å². The van der Waals surface area contributed by atoms with Crippen LogP contribution in [0.25, 0.3) is 0 Å². The van der Waals surface area contributed by atoms with Gasteiger partial charge in [-0.1, -0.05) is 0 Å². The van der Waals surface area contributed by atoms with E-state index in [4.69, 9.17) is 9.47 Å². The summed E-state index contributed by atoms with van der Waals surface area (Å²) in [7, 11) is -1.30. The largest absolute Gasteiger partial charge is 0.414 e. The molecule has 6 rings (SSSR count). The van der Waals surface area contributed by atoms with Gasteiger partial charge in [-0.05, 0) is 0 Å². The molecule has 1 unspecified atom stereocenters. The number of esters is 2. The van der Waals surface area contributed by atoms with Crippen LogP contribution in [0.2, 0.25) is 0 Å². The Kier molecular flexibility index (Phi) is 4.52. The predicted octanol–water partition coefficient (Wildman–Crippen LogP) is 0.383. The topological polar surface area (TPSA) is 128 Å². The smallest absolute Gasteiger partial charge is 0.359 e. The van der Waals surface area contributed by atoms with Crippen LogP contribution in [0.1, 0.15) is 24.8 Å². The van der Waals surface area contributed by atoms with Crippen molar-refractivity contribution in [2.24, 2.45) is 0 Å². The van der Waals surface area contributed by atoms with E-state index in [0.29, 0.717) is 30.3 Å². The van der Waals surface area contributed by atoms with Crippen molar-refractivity contribution in [1.82, 2.24) is 19.4 Å². The van der Waals surface area contributed by atoms with E-state index in [2.05, 4.69) is 4.98 Å². The van der Waals surface area contributed by atoms with Crippen molar-refractivity contribution < 1.29 is 32.9 Å². The fourth-order valence-electron chi connectivity index (χ4n) is 3.87. The van der Waals surface area contributed by atoms with Crippen molar-refractivity contribution >= 4 is 58.1 Å². The second-order valence-electron chi connectivity index (χ2n) is 7.46. The van der Waals surface area contributed by atoms with Crippen LogP contribution >= 0.6 is 23.5 Å². The van der Waals surface area contributed by atoms with Crippen molar-refractivity contribution in [3.05, 3.63) is 34.1 Å². The number of rotatable bonds is 5. The van der Waals surface area contributed by atoms with Crippen molar-refractivity contribution in [3.8, 4) is 0 Å². The highest BCUT2D eigenvalue weighted by atomic mass is 32.2. The summed E-state index contributed by atoms with van der Waals surface area (Å²) in [6, 6.07) is 0.